The molecule has 0 bridgehead atoms. The van der Waals surface area contributed by atoms with Crippen molar-refractivity contribution >= 4 is 52.1 Å². The van der Waals surface area contributed by atoms with E-state index in [0.29, 0.717) is 72.9 Å². The fourth-order valence-corrected chi connectivity index (χ4v) is 9.63. The monoisotopic (exact) mass is 796 g/mol. The molecule has 0 unspecified atom stereocenters. The second-order valence-electron chi connectivity index (χ2n) is 16.3. The maximum absolute atomic E-state index is 14.2. The number of nitrogens with zero attached hydrogens (tertiary/aromatic N) is 7. The highest BCUT2D eigenvalue weighted by Gasteiger charge is 2.51. The number of carbonyl (C=O) groups excluding carboxylic acids is 2. The molecule has 12 nitrogen and oxygen atoms in total. The largest absolute Gasteiger partial charge is 0.371 e. The summed E-state index contributed by atoms with van der Waals surface area (Å²) in [7, 11) is 0. The first kappa shape index (κ1) is 37.7. The van der Waals surface area contributed by atoms with Crippen LogP contribution < -0.4 is 15.1 Å². The normalized spacial score (nSPS) is 18.7. The number of nitro groups is 1. The zero-order valence-electron chi connectivity index (χ0n) is 32.2. The second kappa shape index (κ2) is 15.5. The summed E-state index contributed by atoms with van der Waals surface area (Å²) in [4.78, 5) is 58.6. The number of aromatic nitrogens is 3. The second-order valence-corrected chi connectivity index (χ2v) is 16.7. The average Bonchev–Trinajstić information content (AvgIpc) is 4.08. The van der Waals surface area contributed by atoms with E-state index in [0.717, 1.165) is 54.7 Å². The number of non-ortho nitro benzene ring substituents is 1. The van der Waals surface area contributed by atoms with Crippen LogP contribution in [0.2, 0.25) is 5.02 Å². The van der Waals surface area contributed by atoms with Gasteiger partial charge in [-0.25, -0.2) is 9.97 Å². The minimum Gasteiger partial charge on any atom is -0.371 e. The molecule has 13 heteroatoms. The van der Waals surface area contributed by atoms with Gasteiger partial charge in [-0.15, -0.1) is 0 Å². The molecule has 1 spiro atoms. The van der Waals surface area contributed by atoms with Gasteiger partial charge in [-0.2, -0.15) is 0 Å². The third-order valence-corrected chi connectivity index (χ3v) is 13.3. The van der Waals surface area contributed by atoms with Crippen LogP contribution in [0.15, 0.2) is 104 Å². The molecule has 2 amide bonds. The third-order valence-electron chi connectivity index (χ3n) is 13.0. The summed E-state index contributed by atoms with van der Waals surface area (Å²) in [5, 5.41) is 14.8. The highest BCUT2D eigenvalue weighted by Crippen LogP contribution is 2.54. The SMILES string of the molecule is O=C(CC1(C2CC2)CCN(c2ccc([N+](=O)[O-])cc2)CC1)N1CCC2(CC1)CCN(c1cncc(Nc3ncc(Cl)c(-c4cccc(-c5ccccc5)c4)n3)c1)C2=O. The molecule has 58 heavy (non-hydrogen) atoms. The van der Waals surface area contributed by atoms with Gasteiger partial charge in [0.25, 0.3) is 5.69 Å². The fraction of sp³-hybridized carbons (Fsp3) is 0.356. The Morgan fingerprint density at radius 3 is 2.24 bits per heavy atom. The van der Waals surface area contributed by atoms with Crippen LogP contribution in [-0.2, 0) is 9.59 Å². The summed E-state index contributed by atoms with van der Waals surface area (Å²) in [6.45, 7) is 3.42. The summed E-state index contributed by atoms with van der Waals surface area (Å²) in [6, 6.07) is 26.9. The lowest BCUT2D eigenvalue weighted by Gasteiger charge is -2.45. The summed E-state index contributed by atoms with van der Waals surface area (Å²) in [6.07, 6.45) is 11.8. The maximum Gasteiger partial charge on any atom is 0.269 e. The molecule has 296 valence electrons. The van der Waals surface area contributed by atoms with Crippen LogP contribution in [0.1, 0.15) is 51.4 Å². The first-order valence-electron chi connectivity index (χ1n) is 20.2. The van der Waals surface area contributed by atoms with E-state index in [-0.39, 0.29) is 27.8 Å². The molecule has 0 atom stereocenters. The molecule has 1 saturated carbocycles. The van der Waals surface area contributed by atoms with Crippen LogP contribution >= 0.6 is 11.6 Å². The number of halogens is 1. The Kier molecular flexibility index (Phi) is 10.0. The highest BCUT2D eigenvalue weighted by molar-refractivity contribution is 6.33. The summed E-state index contributed by atoms with van der Waals surface area (Å²) in [5.74, 6) is 1.23. The molecule has 5 heterocycles. The van der Waals surface area contributed by atoms with Crippen LogP contribution in [-0.4, -0.2) is 69.3 Å². The number of piperidine rings is 2. The number of amides is 2. The van der Waals surface area contributed by atoms with Gasteiger partial charge in [0.05, 0.1) is 51.0 Å². The Hall–Kier alpha value is -5.88. The smallest absolute Gasteiger partial charge is 0.269 e. The molecule has 3 aliphatic heterocycles. The van der Waals surface area contributed by atoms with Gasteiger partial charge >= 0.3 is 0 Å². The van der Waals surface area contributed by atoms with E-state index in [9.17, 15) is 19.7 Å². The van der Waals surface area contributed by atoms with Gasteiger partial charge in [0.15, 0.2) is 0 Å². The number of nitrogens with one attached hydrogen (secondary N) is 1. The number of hydrogen-bond acceptors (Lipinski definition) is 9. The van der Waals surface area contributed by atoms with Crippen LogP contribution in [0.25, 0.3) is 22.4 Å². The van der Waals surface area contributed by atoms with Crippen molar-refractivity contribution in [3.05, 3.63) is 119 Å². The van der Waals surface area contributed by atoms with Crippen LogP contribution in [0.5, 0.6) is 0 Å². The molecule has 9 rings (SSSR count). The number of hydrogen-bond donors (Lipinski definition) is 1. The fourth-order valence-electron chi connectivity index (χ4n) is 9.43. The van der Waals surface area contributed by atoms with E-state index >= 15 is 0 Å². The van der Waals surface area contributed by atoms with Gasteiger partial charge < -0.3 is 20.0 Å². The minimum atomic E-state index is -0.493. The molecular weight excluding hydrogens is 752 g/mol. The number of pyridine rings is 1. The molecule has 3 saturated heterocycles. The number of nitro benzene ring substituents is 1. The van der Waals surface area contributed by atoms with Gasteiger partial charge in [-0.05, 0) is 91.7 Å². The molecule has 2 aromatic heterocycles. The number of carbonyl (C=O) groups is 2. The van der Waals surface area contributed by atoms with E-state index in [1.807, 2.05) is 58.3 Å². The van der Waals surface area contributed by atoms with Crippen molar-refractivity contribution in [1.29, 1.82) is 0 Å². The van der Waals surface area contributed by atoms with Crippen molar-refractivity contribution in [1.82, 2.24) is 19.9 Å². The zero-order valence-corrected chi connectivity index (χ0v) is 33.0. The van der Waals surface area contributed by atoms with E-state index in [2.05, 4.69) is 44.5 Å². The van der Waals surface area contributed by atoms with Crippen molar-refractivity contribution < 1.29 is 14.5 Å². The van der Waals surface area contributed by atoms with Crippen LogP contribution in [0.4, 0.5) is 28.7 Å². The van der Waals surface area contributed by atoms with E-state index < -0.39 is 5.41 Å². The standard InChI is InChI=1S/C45H45ClN8O4/c46-39-30-48-43(50-41(39)33-8-4-7-32(25-33)31-5-2-1-3-6-31)49-35-26-38(29-47-28-35)53-24-19-44(42(53)56)15-22-52(23-16-44)40(55)27-45(34-9-10-34)17-20-51(21-18-45)36-11-13-37(14-12-36)54(57)58/h1-8,11-14,25-26,28-30,34H,9-10,15-24,27H2,(H,48,49,50). The quantitative estimate of drug-likeness (QED) is 0.108. The first-order valence-corrected chi connectivity index (χ1v) is 20.6. The predicted molar refractivity (Wildman–Crippen MR) is 225 cm³/mol. The first-order chi connectivity index (χ1) is 28.2. The van der Waals surface area contributed by atoms with E-state index in [1.54, 1.807) is 30.7 Å². The van der Waals surface area contributed by atoms with Crippen molar-refractivity contribution in [3.8, 4) is 22.4 Å². The topological polar surface area (TPSA) is 138 Å². The van der Waals surface area contributed by atoms with Crippen molar-refractivity contribution in [2.45, 2.75) is 51.4 Å². The molecule has 4 aliphatic rings. The molecule has 1 aliphatic carbocycles. The lowest BCUT2D eigenvalue weighted by atomic mass is 9.71. The van der Waals surface area contributed by atoms with Crippen LogP contribution in [0, 0.1) is 26.9 Å². The molecular formula is C45H45ClN8O4. The molecule has 5 aromatic rings. The maximum atomic E-state index is 14.2. The number of rotatable bonds is 10. The third kappa shape index (κ3) is 7.48. The van der Waals surface area contributed by atoms with E-state index in [1.165, 1.54) is 12.8 Å². The molecule has 3 aromatic carbocycles. The Bertz CT molecular complexity index is 2340. The Labute approximate surface area is 342 Å². The number of anilines is 4. The van der Waals surface area contributed by atoms with Crippen molar-refractivity contribution in [2.24, 2.45) is 16.7 Å². The summed E-state index contributed by atoms with van der Waals surface area (Å²) >= 11 is 6.61. The van der Waals surface area contributed by atoms with Gasteiger partial charge in [0, 0.05) is 62.5 Å². The van der Waals surface area contributed by atoms with Gasteiger partial charge in [0.2, 0.25) is 17.8 Å². The van der Waals surface area contributed by atoms with Crippen LogP contribution in [0.3, 0.4) is 0 Å². The number of benzene rings is 3. The lowest BCUT2D eigenvalue weighted by molar-refractivity contribution is -0.384. The Balaban J connectivity index is 0.819. The van der Waals surface area contributed by atoms with Gasteiger partial charge in [0.1, 0.15) is 0 Å². The Morgan fingerprint density at radius 1 is 0.810 bits per heavy atom. The Morgan fingerprint density at radius 2 is 1.52 bits per heavy atom. The molecule has 0 radical (unpaired) electrons. The predicted octanol–water partition coefficient (Wildman–Crippen LogP) is 8.94. The van der Waals surface area contributed by atoms with Gasteiger partial charge in [-0.1, -0.05) is 60.1 Å². The van der Waals surface area contributed by atoms with Crippen molar-refractivity contribution in [2.75, 3.05) is 47.8 Å². The lowest BCUT2D eigenvalue weighted by Crippen LogP contribution is -2.49. The summed E-state index contributed by atoms with van der Waals surface area (Å²) < 4.78 is 0. The molecule has 4 fully saturated rings. The van der Waals surface area contributed by atoms with Crippen molar-refractivity contribution in [3.63, 3.8) is 0 Å². The van der Waals surface area contributed by atoms with Gasteiger partial charge in [-0.3, -0.25) is 24.7 Å². The average molecular weight is 797 g/mol. The number of likely N-dealkylation sites (tertiary alicyclic amines) is 1. The molecule has 1 N–H and O–H groups in total. The minimum absolute atomic E-state index is 0.0123. The highest BCUT2D eigenvalue weighted by atomic mass is 35.5. The summed E-state index contributed by atoms with van der Waals surface area (Å²) in [5.41, 5.74) is 5.57. The zero-order chi connectivity index (χ0) is 39.9. The van der Waals surface area contributed by atoms with E-state index in [4.69, 9.17) is 16.6 Å².